The Balaban J connectivity index is 2.68. The largest absolute Gasteiger partial charge is 0.492 e. The highest BCUT2D eigenvalue weighted by Crippen LogP contribution is 2.17. The molecule has 0 fully saturated rings. The van der Waals surface area contributed by atoms with Gasteiger partial charge in [-0.3, -0.25) is 0 Å². The summed E-state index contributed by atoms with van der Waals surface area (Å²) < 4.78 is 5.53. The van der Waals surface area contributed by atoms with Crippen molar-refractivity contribution in [2.45, 2.75) is 13.3 Å². The second-order valence-electron chi connectivity index (χ2n) is 2.50. The van der Waals surface area contributed by atoms with Gasteiger partial charge in [0.1, 0.15) is 5.75 Å². The maximum Gasteiger partial charge on any atom is 0.122 e. The molecule has 0 atom stereocenters. The normalized spacial score (nSPS) is 9.83. The number of hydrogen-bond acceptors (Lipinski definition) is 1. The molecule has 0 bridgehead atoms. The second-order valence-corrected chi connectivity index (χ2v) is 3.29. The first-order valence-corrected chi connectivity index (χ1v) is 5.27. The lowest BCUT2D eigenvalue weighted by atomic mass is 10.1. The Kier molecular flexibility index (Phi) is 4.15. The maximum atomic E-state index is 5.53. The van der Waals surface area contributed by atoms with Crippen molar-refractivity contribution < 1.29 is 4.74 Å². The minimum Gasteiger partial charge on any atom is -0.492 e. The molecule has 12 heavy (non-hydrogen) atoms. The molecular weight excluding hydrogens is 216 g/mol. The molecule has 2 heteroatoms. The summed E-state index contributed by atoms with van der Waals surface area (Å²) in [4.78, 5) is 0. The molecule has 0 spiro atoms. The second kappa shape index (κ2) is 5.20. The van der Waals surface area contributed by atoms with Crippen molar-refractivity contribution >= 4 is 15.9 Å². The van der Waals surface area contributed by atoms with Crippen LogP contribution in [0.3, 0.4) is 0 Å². The number of hydrogen-bond donors (Lipinski definition) is 0. The third-order valence-corrected chi connectivity index (χ3v) is 2.01. The maximum absolute atomic E-state index is 5.53. The van der Waals surface area contributed by atoms with E-state index < -0.39 is 0 Å². The van der Waals surface area contributed by atoms with Crippen molar-refractivity contribution in [3.8, 4) is 5.75 Å². The zero-order chi connectivity index (χ0) is 8.81. The predicted molar refractivity (Wildman–Crippen MR) is 55.1 cm³/mol. The topological polar surface area (TPSA) is 9.23 Å². The Hall–Kier alpha value is -0.500. The van der Waals surface area contributed by atoms with Crippen molar-refractivity contribution in [3.63, 3.8) is 0 Å². The fourth-order valence-corrected chi connectivity index (χ4v) is 1.25. The van der Waals surface area contributed by atoms with Crippen molar-refractivity contribution in [1.82, 2.24) is 0 Å². The standard InChI is InChI=1S/C10H13BrO/c1-2-9-5-3-4-6-10(9)12-8-7-11/h3-6H,2,7-8H2,1H3. The fraction of sp³-hybridized carbons (Fsp3) is 0.400. The minimum absolute atomic E-state index is 0.733. The SMILES string of the molecule is CCc1ccccc1OCCBr. The van der Waals surface area contributed by atoms with Crippen LogP contribution in [0.5, 0.6) is 5.75 Å². The van der Waals surface area contributed by atoms with Crippen LogP contribution in [0.4, 0.5) is 0 Å². The van der Waals surface area contributed by atoms with Gasteiger partial charge in [-0.15, -0.1) is 0 Å². The molecule has 1 aromatic rings. The average Bonchev–Trinajstić information content (AvgIpc) is 2.15. The van der Waals surface area contributed by atoms with Crippen LogP contribution in [-0.4, -0.2) is 11.9 Å². The molecule has 1 rings (SSSR count). The highest BCUT2D eigenvalue weighted by Gasteiger charge is 1.98. The van der Waals surface area contributed by atoms with E-state index in [0.717, 1.165) is 24.1 Å². The van der Waals surface area contributed by atoms with Gasteiger partial charge in [-0.1, -0.05) is 41.1 Å². The van der Waals surface area contributed by atoms with Crippen LogP contribution in [0.15, 0.2) is 24.3 Å². The summed E-state index contributed by atoms with van der Waals surface area (Å²) in [5.74, 6) is 1.01. The van der Waals surface area contributed by atoms with Crippen LogP contribution < -0.4 is 4.74 Å². The van der Waals surface area contributed by atoms with Gasteiger partial charge in [-0.05, 0) is 18.1 Å². The lowest BCUT2D eigenvalue weighted by Gasteiger charge is -2.07. The highest BCUT2D eigenvalue weighted by molar-refractivity contribution is 9.09. The number of rotatable bonds is 4. The number of ether oxygens (including phenoxy) is 1. The molecule has 66 valence electrons. The molecule has 1 nitrogen and oxygen atoms in total. The van der Waals surface area contributed by atoms with Gasteiger partial charge < -0.3 is 4.74 Å². The Bertz CT molecular complexity index is 235. The van der Waals surface area contributed by atoms with Gasteiger partial charge in [0.25, 0.3) is 0 Å². The van der Waals surface area contributed by atoms with Gasteiger partial charge in [-0.2, -0.15) is 0 Å². The van der Waals surface area contributed by atoms with Crippen molar-refractivity contribution in [3.05, 3.63) is 29.8 Å². The minimum atomic E-state index is 0.733. The van der Waals surface area contributed by atoms with E-state index in [-0.39, 0.29) is 0 Å². The quantitative estimate of drug-likeness (QED) is 0.721. The smallest absolute Gasteiger partial charge is 0.122 e. The first kappa shape index (κ1) is 9.59. The molecule has 1 aromatic carbocycles. The van der Waals surface area contributed by atoms with Crippen molar-refractivity contribution in [1.29, 1.82) is 0 Å². The molecule has 0 aromatic heterocycles. The molecule has 0 unspecified atom stereocenters. The summed E-state index contributed by atoms with van der Waals surface area (Å²) in [6.45, 7) is 2.87. The molecule has 0 aliphatic carbocycles. The van der Waals surface area contributed by atoms with Crippen molar-refractivity contribution in [2.75, 3.05) is 11.9 Å². The molecule has 0 saturated carbocycles. The average molecular weight is 229 g/mol. The van der Waals surface area contributed by atoms with Crippen LogP contribution in [-0.2, 0) is 6.42 Å². The van der Waals surface area contributed by atoms with Gasteiger partial charge in [0.15, 0.2) is 0 Å². The van der Waals surface area contributed by atoms with E-state index in [1.54, 1.807) is 0 Å². The molecule has 0 saturated heterocycles. The molecule has 0 aliphatic rings. The first-order chi connectivity index (χ1) is 5.88. The van der Waals surface area contributed by atoms with Gasteiger partial charge in [0, 0.05) is 5.33 Å². The summed E-state index contributed by atoms with van der Waals surface area (Å²) in [7, 11) is 0. The molecule has 0 aliphatic heterocycles. The van der Waals surface area contributed by atoms with E-state index in [4.69, 9.17) is 4.74 Å². The highest BCUT2D eigenvalue weighted by atomic mass is 79.9. The summed E-state index contributed by atoms with van der Waals surface area (Å²) in [6, 6.07) is 8.16. The van der Waals surface area contributed by atoms with E-state index in [1.807, 2.05) is 18.2 Å². The lowest BCUT2D eigenvalue weighted by molar-refractivity contribution is 0.341. The third-order valence-electron chi connectivity index (χ3n) is 1.69. The van der Waals surface area contributed by atoms with Crippen LogP contribution in [0.2, 0.25) is 0 Å². The predicted octanol–water partition coefficient (Wildman–Crippen LogP) is 3.02. The van der Waals surface area contributed by atoms with E-state index in [9.17, 15) is 0 Å². The number of alkyl halides is 1. The van der Waals surface area contributed by atoms with E-state index >= 15 is 0 Å². The number of benzene rings is 1. The Morgan fingerprint density at radius 1 is 1.33 bits per heavy atom. The van der Waals surface area contributed by atoms with Crippen LogP contribution in [0.25, 0.3) is 0 Å². The first-order valence-electron chi connectivity index (χ1n) is 4.15. The zero-order valence-corrected chi connectivity index (χ0v) is 8.80. The van der Waals surface area contributed by atoms with E-state index in [1.165, 1.54) is 5.56 Å². The van der Waals surface area contributed by atoms with E-state index in [0.29, 0.717) is 0 Å². The molecular formula is C10H13BrO. The fourth-order valence-electron chi connectivity index (χ4n) is 1.09. The number of aryl methyl sites for hydroxylation is 1. The summed E-state index contributed by atoms with van der Waals surface area (Å²) in [5, 5.41) is 0.880. The molecule has 0 heterocycles. The Morgan fingerprint density at radius 2 is 2.08 bits per heavy atom. The summed E-state index contributed by atoms with van der Waals surface area (Å²) >= 11 is 3.33. The van der Waals surface area contributed by atoms with Gasteiger partial charge >= 0.3 is 0 Å². The van der Waals surface area contributed by atoms with Crippen LogP contribution in [0, 0.1) is 0 Å². The van der Waals surface area contributed by atoms with Crippen molar-refractivity contribution in [2.24, 2.45) is 0 Å². The zero-order valence-electron chi connectivity index (χ0n) is 7.22. The number of para-hydroxylation sites is 1. The Morgan fingerprint density at radius 3 is 2.75 bits per heavy atom. The summed E-state index contributed by atoms with van der Waals surface area (Å²) in [5.41, 5.74) is 1.28. The number of halogens is 1. The molecule has 0 amide bonds. The van der Waals surface area contributed by atoms with Gasteiger partial charge in [0.05, 0.1) is 6.61 Å². The lowest BCUT2D eigenvalue weighted by Crippen LogP contribution is -1.99. The van der Waals surface area contributed by atoms with Gasteiger partial charge in [-0.25, -0.2) is 0 Å². The Labute approximate surface area is 81.9 Å². The molecule has 0 radical (unpaired) electrons. The third kappa shape index (κ3) is 2.52. The summed E-state index contributed by atoms with van der Waals surface area (Å²) in [6.07, 6.45) is 1.03. The monoisotopic (exact) mass is 228 g/mol. The van der Waals surface area contributed by atoms with Crippen LogP contribution >= 0.6 is 15.9 Å². The van der Waals surface area contributed by atoms with E-state index in [2.05, 4.69) is 28.9 Å². The van der Waals surface area contributed by atoms with Crippen LogP contribution in [0.1, 0.15) is 12.5 Å². The molecule has 0 N–H and O–H groups in total. The van der Waals surface area contributed by atoms with Gasteiger partial charge in [0.2, 0.25) is 0 Å².